The summed E-state index contributed by atoms with van der Waals surface area (Å²) in [5.41, 5.74) is 4.43. The molecule has 11 heteroatoms. The van der Waals surface area contributed by atoms with Gasteiger partial charge in [-0.15, -0.1) is 10.2 Å². The van der Waals surface area contributed by atoms with Crippen LogP contribution in [0.25, 0.3) is 0 Å². The number of nitrogens with one attached hydrogen (secondary N) is 1. The van der Waals surface area contributed by atoms with Crippen molar-refractivity contribution in [3.05, 3.63) is 71.6 Å². The second-order valence-corrected chi connectivity index (χ2v) is 10.2. The standard InChI is InChI=1S/C27H32F3N7O/c1-19-23(15-37-11-4-3-5-12-37)32-24(27(28,29)30)10-9-22(34-33-19)20-7-6-8-21(13-20)26(16-38-17-26)14-25-35-31-18-36(25)2/h6-8,10,13,18,33H,1,3-5,9,11-12,14-17H2,2H3/b24-10-,32-23?,34-22+. The van der Waals surface area contributed by atoms with Gasteiger partial charge in [0.2, 0.25) is 0 Å². The fraction of sp³-hybridized carbons (Fsp3) is 0.481. The minimum Gasteiger partial charge on any atom is -0.379 e. The molecule has 0 bridgehead atoms. The molecule has 0 atom stereocenters. The van der Waals surface area contributed by atoms with Crippen LogP contribution in [0.1, 0.15) is 42.6 Å². The number of halogens is 3. The van der Waals surface area contributed by atoms with E-state index in [1.807, 2.05) is 35.9 Å². The topological polar surface area (TPSA) is 79.9 Å². The second-order valence-electron chi connectivity index (χ2n) is 10.2. The van der Waals surface area contributed by atoms with Crippen LogP contribution in [0, 0.1) is 0 Å². The van der Waals surface area contributed by atoms with Crippen molar-refractivity contribution in [2.45, 2.75) is 43.7 Å². The number of nitrogens with zero attached hydrogens (tertiary/aromatic N) is 6. The Balaban J connectivity index is 1.43. The van der Waals surface area contributed by atoms with Gasteiger partial charge in [-0.25, -0.2) is 4.99 Å². The van der Waals surface area contributed by atoms with E-state index in [9.17, 15) is 13.2 Å². The quantitative estimate of drug-likeness (QED) is 0.616. The van der Waals surface area contributed by atoms with E-state index in [2.05, 4.69) is 37.2 Å². The Bertz CT molecular complexity index is 1270. The predicted octanol–water partition coefficient (Wildman–Crippen LogP) is 3.91. The van der Waals surface area contributed by atoms with E-state index in [0.29, 0.717) is 31.9 Å². The molecule has 38 heavy (non-hydrogen) atoms. The fourth-order valence-corrected chi connectivity index (χ4v) is 5.04. The van der Waals surface area contributed by atoms with Crippen LogP contribution in [0.3, 0.4) is 0 Å². The van der Waals surface area contributed by atoms with E-state index in [1.165, 1.54) is 0 Å². The van der Waals surface area contributed by atoms with Gasteiger partial charge in [0, 0.05) is 31.8 Å². The second kappa shape index (κ2) is 10.8. The monoisotopic (exact) mass is 527 g/mol. The third kappa shape index (κ3) is 5.73. The van der Waals surface area contributed by atoms with Crippen LogP contribution in [-0.2, 0) is 23.6 Å². The van der Waals surface area contributed by atoms with Gasteiger partial charge >= 0.3 is 6.18 Å². The number of rotatable bonds is 6. The fourth-order valence-electron chi connectivity index (χ4n) is 5.04. The van der Waals surface area contributed by atoms with Crippen molar-refractivity contribution < 1.29 is 17.9 Å². The number of piperidine rings is 1. The molecule has 4 heterocycles. The molecule has 0 spiro atoms. The predicted molar refractivity (Wildman–Crippen MR) is 139 cm³/mol. The van der Waals surface area contributed by atoms with Gasteiger partial charge in [-0.2, -0.15) is 18.3 Å². The Morgan fingerprint density at radius 2 is 1.95 bits per heavy atom. The highest BCUT2D eigenvalue weighted by molar-refractivity contribution is 6.04. The van der Waals surface area contributed by atoms with Gasteiger partial charge in [-0.1, -0.05) is 31.2 Å². The maximum absolute atomic E-state index is 14.0. The average Bonchev–Trinajstić information content (AvgIpc) is 3.30. The van der Waals surface area contributed by atoms with Gasteiger partial charge in [0.25, 0.3) is 0 Å². The molecule has 202 valence electrons. The van der Waals surface area contributed by atoms with Crippen LogP contribution in [0.5, 0.6) is 0 Å². The zero-order valence-corrected chi connectivity index (χ0v) is 21.5. The largest absolute Gasteiger partial charge is 0.433 e. The molecule has 8 nitrogen and oxygen atoms in total. The highest BCUT2D eigenvalue weighted by Gasteiger charge is 2.42. The number of hydrogen-bond acceptors (Lipinski definition) is 7. The van der Waals surface area contributed by atoms with Gasteiger partial charge in [0.15, 0.2) is 0 Å². The highest BCUT2D eigenvalue weighted by Crippen LogP contribution is 2.36. The number of ether oxygens (including phenoxy) is 1. The molecule has 5 rings (SSSR count). The van der Waals surface area contributed by atoms with E-state index in [1.54, 1.807) is 6.33 Å². The van der Waals surface area contributed by atoms with Crippen LogP contribution < -0.4 is 5.43 Å². The number of aryl methyl sites for hydroxylation is 1. The first-order valence-electron chi connectivity index (χ1n) is 12.8. The van der Waals surface area contributed by atoms with E-state index < -0.39 is 11.9 Å². The molecule has 0 aliphatic carbocycles. The van der Waals surface area contributed by atoms with E-state index in [-0.39, 0.29) is 23.2 Å². The molecule has 0 amide bonds. The zero-order chi connectivity index (χ0) is 26.8. The smallest absolute Gasteiger partial charge is 0.379 e. The first kappa shape index (κ1) is 26.3. The summed E-state index contributed by atoms with van der Waals surface area (Å²) in [6.45, 7) is 6.98. The van der Waals surface area contributed by atoms with E-state index in [0.717, 1.165) is 55.4 Å². The van der Waals surface area contributed by atoms with Crippen molar-refractivity contribution in [1.82, 2.24) is 25.1 Å². The van der Waals surface area contributed by atoms with E-state index >= 15 is 0 Å². The summed E-state index contributed by atoms with van der Waals surface area (Å²) in [4.78, 5) is 6.16. The van der Waals surface area contributed by atoms with Gasteiger partial charge < -0.3 is 9.30 Å². The Morgan fingerprint density at radius 3 is 2.61 bits per heavy atom. The molecule has 2 saturated heterocycles. The molecule has 0 unspecified atom stereocenters. The van der Waals surface area contributed by atoms with Crippen LogP contribution in [0.4, 0.5) is 13.2 Å². The molecule has 3 aliphatic rings. The van der Waals surface area contributed by atoms with Crippen LogP contribution in [0.2, 0.25) is 0 Å². The van der Waals surface area contributed by atoms with Crippen molar-refractivity contribution >= 4 is 11.4 Å². The number of hydrogen-bond donors (Lipinski definition) is 1. The highest BCUT2D eigenvalue weighted by atomic mass is 19.4. The number of benzene rings is 1. The summed E-state index contributed by atoms with van der Waals surface area (Å²) in [6, 6.07) is 7.76. The molecule has 1 N–H and O–H groups in total. The number of alkyl halides is 3. The Morgan fingerprint density at radius 1 is 1.16 bits per heavy atom. The molecule has 0 saturated carbocycles. The first-order valence-corrected chi connectivity index (χ1v) is 12.8. The molecule has 1 aromatic heterocycles. The summed E-state index contributed by atoms with van der Waals surface area (Å²) in [5.74, 6) is 0.840. The van der Waals surface area contributed by atoms with E-state index in [4.69, 9.17) is 4.74 Å². The van der Waals surface area contributed by atoms with Crippen molar-refractivity contribution in [2.75, 3.05) is 32.8 Å². The van der Waals surface area contributed by atoms with Crippen molar-refractivity contribution in [1.29, 1.82) is 0 Å². The minimum atomic E-state index is -4.59. The Labute approximate surface area is 220 Å². The maximum Gasteiger partial charge on any atom is 0.433 e. The number of aromatic nitrogens is 3. The van der Waals surface area contributed by atoms with Crippen molar-refractivity contribution in [3.8, 4) is 0 Å². The number of allylic oxidation sites excluding steroid dienone is 2. The van der Waals surface area contributed by atoms with Gasteiger partial charge in [-0.05, 0) is 49.2 Å². The maximum atomic E-state index is 14.0. The van der Waals surface area contributed by atoms with Gasteiger partial charge in [0.05, 0.1) is 30.3 Å². The summed E-state index contributed by atoms with van der Waals surface area (Å²) >= 11 is 0. The molecule has 1 aromatic carbocycles. The number of aliphatic imine (C=N–C) groups is 1. The number of hydrazone groups is 1. The third-order valence-corrected chi connectivity index (χ3v) is 7.40. The summed E-state index contributed by atoms with van der Waals surface area (Å²) < 4.78 is 49.4. The lowest BCUT2D eigenvalue weighted by atomic mass is 9.75. The van der Waals surface area contributed by atoms with Crippen LogP contribution >= 0.6 is 0 Å². The third-order valence-electron chi connectivity index (χ3n) is 7.40. The van der Waals surface area contributed by atoms with Crippen molar-refractivity contribution in [3.63, 3.8) is 0 Å². The van der Waals surface area contributed by atoms with Gasteiger partial charge in [0.1, 0.15) is 17.8 Å². The minimum absolute atomic E-state index is 0.0359. The molecular formula is C27H32F3N7O. The molecular weight excluding hydrogens is 495 g/mol. The lowest BCUT2D eigenvalue weighted by Crippen LogP contribution is -2.49. The summed E-state index contributed by atoms with van der Waals surface area (Å²) in [6.07, 6.45) is 1.97. The lowest BCUT2D eigenvalue weighted by molar-refractivity contribution is -0.0925. The Hall–Kier alpha value is -3.31. The van der Waals surface area contributed by atoms with Crippen molar-refractivity contribution in [2.24, 2.45) is 17.1 Å². The molecule has 3 aliphatic heterocycles. The summed E-state index contributed by atoms with van der Waals surface area (Å²) in [7, 11) is 1.90. The normalized spacial score (nSPS) is 23.5. The zero-order valence-electron chi connectivity index (χ0n) is 21.5. The first-order chi connectivity index (χ1) is 18.2. The lowest BCUT2D eigenvalue weighted by Gasteiger charge is -2.42. The Kier molecular flexibility index (Phi) is 7.49. The number of likely N-dealkylation sites (tertiary alicyclic amines) is 1. The molecule has 0 radical (unpaired) electrons. The van der Waals surface area contributed by atoms with Gasteiger partial charge in [-0.3, -0.25) is 10.3 Å². The summed E-state index contributed by atoms with van der Waals surface area (Å²) in [5, 5.41) is 12.7. The molecule has 2 fully saturated rings. The van der Waals surface area contributed by atoms with Crippen LogP contribution in [0.15, 0.2) is 64.7 Å². The molecule has 2 aromatic rings. The average molecular weight is 528 g/mol. The SMILES string of the molecule is C=C1N/N=C(/c2cccc(C3(Cc4nncn4C)COC3)c2)C/C=C(/C(F)(F)F)N=C1CN1CCCCC1. The van der Waals surface area contributed by atoms with Crippen LogP contribution in [-0.4, -0.2) is 70.1 Å².